The first-order valence-corrected chi connectivity index (χ1v) is 9.28. The predicted molar refractivity (Wildman–Crippen MR) is 107 cm³/mol. The van der Waals surface area contributed by atoms with Gasteiger partial charge in [-0.1, -0.05) is 55.2 Å². The molecular weight excluding hydrogens is 389 g/mol. The molecule has 2 rings (SSSR count). The summed E-state index contributed by atoms with van der Waals surface area (Å²) in [5, 5.41) is 13.5. The molecule has 5 nitrogen and oxygen atoms in total. The highest BCUT2D eigenvalue weighted by Crippen LogP contribution is 2.33. The fourth-order valence-corrected chi connectivity index (χ4v) is 3.17. The molecule has 0 saturated carbocycles. The summed E-state index contributed by atoms with van der Waals surface area (Å²) < 4.78 is 11.4. The minimum atomic E-state index is -0.891. The lowest BCUT2D eigenvalue weighted by molar-refractivity contribution is -0.140. The summed E-state index contributed by atoms with van der Waals surface area (Å²) in [5.41, 5.74) is 1.46. The SMILES string of the molecule is COc1cccc(CNC(C(=O)O)C(C)C)c1OCc1c(Cl)cccc1Cl. The fourth-order valence-electron chi connectivity index (χ4n) is 2.67. The Balaban J connectivity index is 2.23. The molecule has 1 atom stereocenters. The van der Waals surface area contributed by atoms with E-state index in [0.29, 0.717) is 33.7 Å². The number of carbonyl (C=O) groups is 1. The van der Waals surface area contributed by atoms with E-state index in [1.54, 1.807) is 31.4 Å². The van der Waals surface area contributed by atoms with Gasteiger partial charge in [0.2, 0.25) is 0 Å². The molecular formula is C20H23Cl2NO4. The van der Waals surface area contributed by atoms with E-state index in [2.05, 4.69) is 5.32 Å². The van der Waals surface area contributed by atoms with E-state index in [0.717, 1.165) is 5.56 Å². The molecule has 2 aromatic carbocycles. The van der Waals surface area contributed by atoms with Crippen LogP contribution in [0.3, 0.4) is 0 Å². The van der Waals surface area contributed by atoms with Crippen LogP contribution in [0.15, 0.2) is 36.4 Å². The molecule has 0 aliphatic heterocycles. The third-order valence-electron chi connectivity index (χ3n) is 4.15. The molecule has 0 aromatic heterocycles. The van der Waals surface area contributed by atoms with E-state index in [-0.39, 0.29) is 12.5 Å². The molecule has 27 heavy (non-hydrogen) atoms. The van der Waals surface area contributed by atoms with Crippen molar-refractivity contribution in [2.24, 2.45) is 5.92 Å². The standard InChI is InChI=1S/C20H23Cl2NO4/c1-12(2)18(20(24)25)23-10-13-6-4-9-17(26-3)19(13)27-11-14-15(21)7-5-8-16(14)22/h4-9,12,18,23H,10-11H2,1-3H3,(H,24,25). The van der Waals surface area contributed by atoms with Crippen LogP contribution in [0.25, 0.3) is 0 Å². The number of nitrogens with one attached hydrogen (secondary N) is 1. The van der Waals surface area contributed by atoms with Crippen molar-refractivity contribution in [3.63, 3.8) is 0 Å². The van der Waals surface area contributed by atoms with E-state index in [1.807, 2.05) is 26.0 Å². The van der Waals surface area contributed by atoms with Gasteiger partial charge in [0.25, 0.3) is 0 Å². The van der Waals surface area contributed by atoms with E-state index in [1.165, 1.54) is 0 Å². The minimum absolute atomic E-state index is 0.0561. The van der Waals surface area contributed by atoms with Crippen molar-refractivity contribution >= 4 is 29.2 Å². The van der Waals surface area contributed by atoms with Crippen molar-refractivity contribution in [1.29, 1.82) is 0 Å². The van der Waals surface area contributed by atoms with Crippen LogP contribution in [0.1, 0.15) is 25.0 Å². The average Bonchev–Trinajstić information content (AvgIpc) is 2.61. The van der Waals surface area contributed by atoms with Gasteiger partial charge in [-0.25, -0.2) is 0 Å². The Hall–Kier alpha value is -1.95. The number of ether oxygens (including phenoxy) is 2. The minimum Gasteiger partial charge on any atom is -0.493 e. The molecule has 146 valence electrons. The van der Waals surface area contributed by atoms with Gasteiger partial charge in [-0.2, -0.15) is 0 Å². The predicted octanol–water partition coefficient (Wildman–Crippen LogP) is 4.78. The quantitative estimate of drug-likeness (QED) is 0.621. The molecule has 0 aliphatic rings. The first-order valence-electron chi connectivity index (χ1n) is 8.52. The summed E-state index contributed by atoms with van der Waals surface area (Å²) >= 11 is 12.4. The number of hydrogen-bond donors (Lipinski definition) is 2. The van der Waals surface area contributed by atoms with Gasteiger partial charge in [0.1, 0.15) is 12.6 Å². The number of hydrogen-bond acceptors (Lipinski definition) is 4. The maximum absolute atomic E-state index is 11.4. The number of halogens is 2. The van der Waals surface area contributed by atoms with E-state index in [4.69, 9.17) is 32.7 Å². The molecule has 7 heteroatoms. The van der Waals surface area contributed by atoms with Crippen LogP contribution in [0.2, 0.25) is 10.0 Å². The van der Waals surface area contributed by atoms with E-state index in [9.17, 15) is 9.90 Å². The highest BCUT2D eigenvalue weighted by molar-refractivity contribution is 6.35. The van der Waals surface area contributed by atoms with Crippen LogP contribution >= 0.6 is 23.2 Å². The molecule has 0 bridgehead atoms. The van der Waals surface area contributed by atoms with Gasteiger partial charge in [0.05, 0.1) is 7.11 Å². The van der Waals surface area contributed by atoms with Crippen LogP contribution in [-0.4, -0.2) is 24.2 Å². The van der Waals surface area contributed by atoms with E-state index < -0.39 is 12.0 Å². The third-order valence-corrected chi connectivity index (χ3v) is 4.86. The Bertz CT molecular complexity index is 775. The van der Waals surface area contributed by atoms with Crippen molar-refractivity contribution in [2.45, 2.75) is 33.0 Å². The summed E-state index contributed by atoms with van der Waals surface area (Å²) in [6.45, 7) is 4.19. The molecule has 0 radical (unpaired) electrons. The Kier molecular flexibility index (Phi) is 7.78. The first kappa shape index (κ1) is 21.4. The zero-order valence-electron chi connectivity index (χ0n) is 15.5. The van der Waals surface area contributed by atoms with Crippen LogP contribution in [0.5, 0.6) is 11.5 Å². The number of aliphatic carboxylic acids is 1. The lowest BCUT2D eigenvalue weighted by atomic mass is 10.0. The fraction of sp³-hybridized carbons (Fsp3) is 0.350. The second kappa shape index (κ2) is 9.83. The van der Waals surface area contributed by atoms with Gasteiger partial charge in [0, 0.05) is 27.7 Å². The molecule has 2 N–H and O–H groups in total. The van der Waals surface area contributed by atoms with Crippen LogP contribution in [-0.2, 0) is 17.9 Å². The van der Waals surface area contributed by atoms with Crippen LogP contribution in [0.4, 0.5) is 0 Å². The monoisotopic (exact) mass is 411 g/mol. The molecule has 2 aromatic rings. The Morgan fingerprint density at radius 1 is 1.15 bits per heavy atom. The zero-order valence-corrected chi connectivity index (χ0v) is 17.0. The smallest absolute Gasteiger partial charge is 0.320 e. The van der Waals surface area contributed by atoms with Crippen molar-refractivity contribution in [1.82, 2.24) is 5.32 Å². The van der Waals surface area contributed by atoms with Crippen molar-refractivity contribution in [3.8, 4) is 11.5 Å². The highest BCUT2D eigenvalue weighted by Gasteiger charge is 2.22. The maximum atomic E-state index is 11.4. The number of carboxylic acid groups (broad SMARTS) is 1. The largest absolute Gasteiger partial charge is 0.493 e. The number of benzene rings is 2. The van der Waals surface area contributed by atoms with Gasteiger partial charge in [-0.3, -0.25) is 10.1 Å². The number of carboxylic acids is 1. The van der Waals surface area contributed by atoms with Gasteiger partial charge >= 0.3 is 5.97 Å². The number of methoxy groups -OCH3 is 1. The Labute approximate surface area is 169 Å². The maximum Gasteiger partial charge on any atom is 0.320 e. The average molecular weight is 412 g/mol. The summed E-state index contributed by atoms with van der Waals surface area (Å²) in [4.78, 5) is 11.4. The summed E-state index contributed by atoms with van der Waals surface area (Å²) in [7, 11) is 1.55. The molecule has 0 spiro atoms. The van der Waals surface area contributed by atoms with Crippen molar-refractivity contribution in [3.05, 3.63) is 57.6 Å². The first-order chi connectivity index (χ1) is 12.8. The second-order valence-electron chi connectivity index (χ2n) is 6.38. The number of para-hydroxylation sites is 1. The number of rotatable bonds is 9. The highest BCUT2D eigenvalue weighted by atomic mass is 35.5. The molecule has 1 unspecified atom stereocenters. The van der Waals surface area contributed by atoms with Gasteiger partial charge in [-0.15, -0.1) is 0 Å². The molecule has 0 heterocycles. The summed E-state index contributed by atoms with van der Waals surface area (Å²) in [6.07, 6.45) is 0. The van der Waals surface area contributed by atoms with Crippen LogP contribution in [0, 0.1) is 5.92 Å². The zero-order chi connectivity index (χ0) is 20.0. The van der Waals surface area contributed by atoms with Crippen molar-refractivity contribution in [2.75, 3.05) is 7.11 Å². The van der Waals surface area contributed by atoms with Gasteiger partial charge < -0.3 is 14.6 Å². The Morgan fingerprint density at radius 2 is 1.78 bits per heavy atom. The third kappa shape index (κ3) is 5.51. The Morgan fingerprint density at radius 3 is 2.33 bits per heavy atom. The lowest BCUT2D eigenvalue weighted by Crippen LogP contribution is -2.40. The van der Waals surface area contributed by atoms with Crippen molar-refractivity contribution < 1.29 is 19.4 Å². The molecule has 0 aliphatic carbocycles. The molecule has 0 saturated heterocycles. The summed E-state index contributed by atoms with van der Waals surface area (Å²) in [5.74, 6) is 0.128. The van der Waals surface area contributed by atoms with E-state index >= 15 is 0 Å². The van der Waals surface area contributed by atoms with Gasteiger partial charge in [0.15, 0.2) is 11.5 Å². The second-order valence-corrected chi connectivity index (χ2v) is 7.19. The summed E-state index contributed by atoms with van der Waals surface area (Å²) in [6, 6.07) is 10.1. The molecule has 0 amide bonds. The normalized spacial score (nSPS) is 12.1. The van der Waals surface area contributed by atoms with Gasteiger partial charge in [-0.05, 0) is 24.1 Å². The molecule has 0 fully saturated rings. The topological polar surface area (TPSA) is 67.8 Å². The lowest BCUT2D eigenvalue weighted by Gasteiger charge is -2.20. The van der Waals surface area contributed by atoms with Crippen LogP contribution < -0.4 is 14.8 Å².